The van der Waals surface area contributed by atoms with Crippen LogP contribution in [0.3, 0.4) is 0 Å². The number of halogens is 3. The van der Waals surface area contributed by atoms with Crippen molar-refractivity contribution in [3.63, 3.8) is 0 Å². The molecule has 6 heteroatoms. The van der Waals surface area contributed by atoms with Crippen LogP contribution in [0.25, 0.3) is 11.4 Å². The van der Waals surface area contributed by atoms with E-state index in [1.54, 1.807) is 0 Å². The van der Waals surface area contributed by atoms with Crippen LogP contribution in [0.5, 0.6) is 0 Å². The van der Waals surface area contributed by atoms with Crippen LogP contribution in [0, 0.1) is 0 Å². The molecule has 0 bridgehead atoms. The fraction of sp³-hybridized carbons (Fsp3) is 0.333. The molecule has 3 rings (SSSR count). The average molecular weight is 476 g/mol. The van der Waals surface area contributed by atoms with Gasteiger partial charge in [0.1, 0.15) is 5.82 Å². The first-order valence-electron chi connectivity index (χ1n) is 6.84. The number of rotatable bonds is 2. The number of benzene rings is 1. The third-order valence-electron chi connectivity index (χ3n) is 3.82. The van der Waals surface area contributed by atoms with Gasteiger partial charge in [0.05, 0.1) is 10.2 Å². The summed E-state index contributed by atoms with van der Waals surface area (Å²) in [5.41, 5.74) is 8.09. The van der Waals surface area contributed by atoms with Crippen LogP contribution in [0.1, 0.15) is 37.3 Å². The SMILES string of the molecule is Nc1nc(-c2ccc(Br)c(Br)c2)nc(C2CCCC2)c1Br. The summed E-state index contributed by atoms with van der Waals surface area (Å²) in [5.74, 6) is 1.69. The third kappa shape index (κ3) is 3.17. The predicted octanol–water partition coefficient (Wildman–Crippen LogP) is 5.67. The summed E-state index contributed by atoms with van der Waals surface area (Å²) in [6, 6.07) is 5.98. The van der Waals surface area contributed by atoms with Gasteiger partial charge in [0, 0.05) is 20.4 Å². The highest BCUT2D eigenvalue weighted by atomic mass is 79.9. The van der Waals surface area contributed by atoms with Crippen LogP contribution in [0.4, 0.5) is 5.82 Å². The molecule has 2 N–H and O–H groups in total. The summed E-state index contributed by atoms with van der Waals surface area (Å²) >= 11 is 10.6. The number of aromatic nitrogens is 2. The Morgan fingerprint density at radius 3 is 2.38 bits per heavy atom. The first-order chi connectivity index (χ1) is 10.1. The van der Waals surface area contributed by atoms with E-state index in [9.17, 15) is 0 Å². The highest BCUT2D eigenvalue weighted by Crippen LogP contribution is 2.39. The third-order valence-corrected chi connectivity index (χ3v) is 6.51. The number of nitrogens with two attached hydrogens (primary N) is 1. The number of nitrogens with zero attached hydrogens (tertiary/aromatic N) is 2. The average Bonchev–Trinajstić information content (AvgIpc) is 2.98. The molecule has 3 nitrogen and oxygen atoms in total. The Hall–Kier alpha value is -0.460. The normalized spacial score (nSPS) is 15.6. The van der Waals surface area contributed by atoms with Gasteiger partial charge in [0.15, 0.2) is 5.82 Å². The van der Waals surface area contributed by atoms with E-state index < -0.39 is 0 Å². The summed E-state index contributed by atoms with van der Waals surface area (Å²) < 4.78 is 2.84. The zero-order chi connectivity index (χ0) is 15.0. The van der Waals surface area contributed by atoms with E-state index in [0.29, 0.717) is 17.6 Å². The van der Waals surface area contributed by atoms with Gasteiger partial charge in [-0.25, -0.2) is 9.97 Å². The molecule has 0 spiro atoms. The van der Waals surface area contributed by atoms with Crippen molar-refractivity contribution in [3.05, 3.63) is 37.3 Å². The van der Waals surface area contributed by atoms with Crippen LogP contribution in [0.15, 0.2) is 31.6 Å². The molecule has 0 saturated heterocycles. The highest BCUT2D eigenvalue weighted by molar-refractivity contribution is 9.13. The molecule has 0 aliphatic heterocycles. The van der Waals surface area contributed by atoms with Gasteiger partial charge in [0.2, 0.25) is 0 Å². The van der Waals surface area contributed by atoms with Gasteiger partial charge in [-0.05, 0) is 78.8 Å². The maximum Gasteiger partial charge on any atom is 0.161 e. The Kier molecular flexibility index (Phi) is 4.66. The second-order valence-electron chi connectivity index (χ2n) is 5.24. The van der Waals surface area contributed by atoms with Crippen molar-refractivity contribution in [2.24, 2.45) is 0 Å². The van der Waals surface area contributed by atoms with E-state index in [-0.39, 0.29) is 0 Å². The van der Waals surface area contributed by atoms with Gasteiger partial charge < -0.3 is 5.73 Å². The van der Waals surface area contributed by atoms with Gasteiger partial charge >= 0.3 is 0 Å². The minimum Gasteiger partial charge on any atom is -0.383 e. The van der Waals surface area contributed by atoms with Gasteiger partial charge in [-0.3, -0.25) is 0 Å². The molecule has 21 heavy (non-hydrogen) atoms. The second kappa shape index (κ2) is 6.34. The van der Waals surface area contributed by atoms with Crippen molar-refractivity contribution in [1.29, 1.82) is 0 Å². The molecule has 0 atom stereocenters. The van der Waals surface area contributed by atoms with Crippen LogP contribution >= 0.6 is 47.8 Å². The zero-order valence-corrected chi connectivity index (χ0v) is 16.0. The summed E-state index contributed by atoms with van der Waals surface area (Å²) in [4.78, 5) is 9.21. The summed E-state index contributed by atoms with van der Waals surface area (Å²) in [6.07, 6.45) is 4.89. The molecular weight excluding hydrogens is 462 g/mol. The monoisotopic (exact) mass is 473 g/mol. The maximum absolute atomic E-state index is 6.08. The Labute approximate surface area is 149 Å². The number of hydrogen-bond acceptors (Lipinski definition) is 3. The lowest BCUT2D eigenvalue weighted by Crippen LogP contribution is -2.06. The predicted molar refractivity (Wildman–Crippen MR) is 96.2 cm³/mol. The van der Waals surface area contributed by atoms with Crippen molar-refractivity contribution in [1.82, 2.24) is 9.97 Å². The molecule has 1 aromatic heterocycles. The van der Waals surface area contributed by atoms with E-state index in [0.717, 1.165) is 24.7 Å². The van der Waals surface area contributed by atoms with Crippen molar-refractivity contribution >= 4 is 53.6 Å². The van der Waals surface area contributed by atoms with Gasteiger partial charge in [-0.2, -0.15) is 0 Å². The Morgan fingerprint density at radius 2 is 1.71 bits per heavy atom. The van der Waals surface area contributed by atoms with E-state index >= 15 is 0 Å². The van der Waals surface area contributed by atoms with E-state index in [1.165, 1.54) is 25.7 Å². The lowest BCUT2D eigenvalue weighted by Gasteiger charge is -2.14. The molecular formula is C15H14Br3N3. The summed E-state index contributed by atoms with van der Waals surface area (Å²) in [6.45, 7) is 0. The molecule has 1 fully saturated rings. The molecule has 1 aromatic carbocycles. The molecule has 0 amide bonds. The molecule has 0 unspecified atom stereocenters. The van der Waals surface area contributed by atoms with Crippen LogP contribution in [0.2, 0.25) is 0 Å². The van der Waals surface area contributed by atoms with Gasteiger partial charge in [-0.1, -0.05) is 12.8 Å². The first-order valence-corrected chi connectivity index (χ1v) is 9.22. The zero-order valence-electron chi connectivity index (χ0n) is 11.2. The number of anilines is 1. The minimum absolute atomic E-state index is 0.488. The lowest BCUT2D eigenvalue weighted by atomic mass is 10.0. The Balaban J connectivity index is 2.08. The van der Waals surface area contributed by atoms with Crippen molar-refractivity contribution in [2.75, 3.05) is 5.73 Å². The highest BCUT2D eigenvalue weighted by Gasteiger charge is 2.23. The maximum atomic E-state index is 6.08. The minimum atomic E-state index is 0.488. The first kappa shape index (κ1) is 15.4. The smallest absolute Gasteiger partial charge is 0.161 e. The molecule has 1 aliphatic carbocycles. The number of hydrogen-bond donors (Lipinski definition) is 1. The van der Waals surface area contributed by atoms with Crippen molar-refractivity contribution < 1.29 is 0 Å². The van der Waals surface area contributed by atoms with Gasteiger partial charge in [-0.15, -0.1) is 0 Å². The lowest BCUT2D eigenvalue weighted by molar-refractivity contribution is 0.691. The molecule has 0 radical (unpaired) electrons. The fourth-order valence-electron chi connectivity index (χ4n) is 2.72. The van der Waals surface area contributed by atoms with E-state index in [1.807, 2.05) is 18.2 Å². The Morgan fingerprint density at radius 1 is 1.00 bits per heavy atom. The van der Waals surface area contributed by atoms with Gasteiger partial charge in [0.25, 0.3) is 0 Å². The molecule has 110 valence electrons. The summed E-state index contributed by atoms with van der Waals surface area (Å²) in [7, 11) is 0. The van der Waals surface area contributed by atoms with Crippen LogP contribution in [-0.4, -0.2) is 9.97 Å². The van der Waals surface area contributed by atoms with Crippen molar-refractivity contribution in [2.45, 2.75) is 31.6 Å². The molecule has 1 heterocycles. The Bertz CT molecular complexity index is 682. The topological polar surface area (TPSA) is 51.8 Å². The number of nitrogen functional groups attached to an aromatic ring is 1. The largest absolute Gasteiger partial charge is 0.383 e. The standard InChI is InChI=1S/C15H14Br3N3/c16-10-6-5-9(7-11(10)17)15-20-13(8-3-1-2-4-8)12(18)14(19)21-15/h5-8H,1-4H2,(H2,19,20,21). The quantitative estimate of drug-likeness (QED) is 0.608. The van der Waals surface area contributed by atoms with E-state index in [4.69, 9.17) is 10.7 Å². The second-order valence-corrected chi connectivity index (χ2v) is 7.74. The van der Waals surface area contributed by atoms with Crippen LogP contribution < -0.4 is 5.73 Å². The molecule has 1 aliphatic rings. The molecule has 1 saturated carbocycles. The molecule has 2 aromatic rings. The summed E-state index contributed by atoms with van der Waals surface area (Å²) in [5, 5.41) is 0. The fourth-order valence-corrected chi connectivity index (χ4v) is 3.84. The van der Waals surface area contributed by atoms with E-state index in [2.05, 4.69) is 52.8 Å². The van der Waals surface area contributed by atoms with Crippen molar-refractivity contribution in [3.8, 4) is 11.4 Å². The van der Waals surface area contributed by atoms with Crippen LogP contribution in [-0.2, 0) is 0 Å².